The fourth-order valence-corrected chi connectivity index (χ4v) is 3.53. The lowest BCUT2D eigenvalue weighted by molar-refractivity contribution is 0.243. The molecule has 2 aromatic rings. The monoisotopic (exact) mass is 350 g/mol. The standard InChI is InChI=1S/C20H22N4O2/c1-23-19(25)13-17(15-7-9-21-10-8-15)22-20(23)24-11-12-26-18(14-24)16-5-3-2-4-6-16/h7-14,16H,2-6H2,1H3. The van der Waals surface area contributed by atoms with Crippen molar-refractivity contribution >= 4 is 5.95 Å². The molecule has 6 nitrogen and oxygen atoms in total. The molecule has 0 atom stereocenters. The van der Waals surface area contributed by atoms with Gasteiger partial charge in [0.1, 0.15) is 12.0 Å². The molecule has 0 N–H and O–H groups in total. The van der Waals surface area contributed by atoms with Crippen LogP contribution in [0.3, 0.4) is 0 Å². The van der Waals surface area contributed by atoms with Crippen LogP contribution in [0, 0.1) is 5.92 Å². The van der Waals surface area contributed by atoms with E-state index in [1.165, 1.54) is 19.3 Å². The lowest BCUT2D eigenvalue weighted by atomic mass is 9.88. The largest absolute Gasteiger partial charge is 0.466 e. The van der Waals surface area contributed by atoms with Crippen LogP contribution in [0.4, 0.5) is 5.95 Å². The summed E-state index contributed by atoms with van der Waals surface area (Å²) in [4.78, 5) is 23.1. The Morgan fingerprint density at radius 1 is 1.15 bits per heavy atom. The molecule has 134 valence electrons. The lowest BCUT2D eigenvalue weighted by Gasteiger charge is -2.28. The molecule has 6 heteroatoms. The molecule has 1 aliphatic carbocycles. The maximum Gasteiger partial charge on any atom is 0.255 e. The number of pyridine rings is 1. The van der Waals surface area contributed by atoms with Gasteiger partial charge in [-0.15, -0.1) is 0 Å². The van der Waals surface area contributed by atoms with Crippen LogP contribution in [0.25, 0.3) is 11.3 Å². The van der Waals surface area contributed by atoms with Crippen molar-refractivity contribution in [1.29, 1.82) is 0 Å². The minimum absolute atomic E-state index is 0.102. The topological polar surface area (TPSA) is 60.2 Å². The number of hydrogen-bond donors (Lipinski definition) is 0. The second kappa shape index (κ2) is 7.15. The summed E-state index contributed by atoms with van der Waals surface area (Å²) in [6, 6.07) is 5.25. The number of nitrogens with zero attached hydrogens (tertiary/aromatic N) is 4. The molecule has 4 rings (SSSR count). The number of ether oxygens (including phenoxy) is 1. The van der Waals surface area contributed by atoms with Crippen molar-refractivity contribution < 1.29 is 4.74 Å². The summed E-state index contributed by atoms with van der Waals surface area (Å²) in [5.74, 6) is 1.96. The molecule has 2 aliphatic rings. The first-order valence-corrected chi connectivity index (χ1v) is 9.04. The number of rotatable bonds is 3. The molecule has 1 fully saturated rings. The molecule has 2 aromatic heterocycles. The number of aromatic nitrogens is 3. The van der Waals surface area contributed by atoms with Crippen LogP contribution < -0.4 is 10.5 Å². The Balaban J connectivity index is 1.71. The molecule has 0 unspecified atom stereocenters. The SMILES string of the molecule is Cn1c(N2C=COC(C3CCCCC3)=C2)nc(-c2ccncc2)cc1=O. The highest BCUT2D eigenvalue weighted by atomic mass is 16.5. The zero-order valence-corrected chi connectivity index (χ0v) is 14.8. The van der Waals surface area contributed by atoms with Crippen LogP contribution in [-0.4, -0.2) is 14.5 Å². The third kappa shape index (κ3) is 3.27. The van der Waals surface area contributed by atoms with Gasteiger partial charge in [0.15, 0.2) is 0 Å². The smallest absolute Gasteiger partial charge is 0.255 e. The summed E-state index contributed by atoms with van der Waals surface area (Å²) < 4.78 is 7.32. The van der Waals surface area contributed by atoms with Crippen LogP contribution in [0.5, 0.6) is 0 Å². The van der Waals surface area contributed by atoms with Gasteiger partial charge in [0, 0.05) is 43.2 Å². The summed E-state index contributed by atoms with van der Waals surface area (Å²) in [5, 5.41) is 0. The van der Waals surface area contributed by atoms with Crippen LogP contribution in [0.1, 0.15) is 32.1 Å². The van der Waals surface area contributed by atoms with Gasteiger partial charge in [0.25, 0.3) is 5.56 Å². The van der Waals surface area contributed by atoms with Crippen molar-refractivity contribution in [2.75, 3.05) is 4.90 Å². The summed E-state index contributed by atoms with van der Waals surface area (Å²) in [5.41, 5.74) is 1.40. The van der Waals surface area contributed by atoms with E-state index in [2.05, 4.69) is 4.98 Å². The average Bonchev–Trinajstić information content (AvgIpc) is 2.71. The fourth-order valence-electron chi connectivity index (χ4n) is 3.53. The van der Waals surface area contributed by atoms with E-state index in [1.54, 1.807) is 42.5 Å². The molecule has 3 heterocycles. The van der Waals surface area contributed by atoms with Crippen LogP contribution >= 0.6 is 0 Å². The van der Waals surface area contributed by atoms with Gasteiger partial charge in [-0.2, -0.15) is 0 Å². The molecule has 0 amide bonds. The van der Waals surface area contributed by atoms with Crippen molar-refractivity contribution in [3.8, 4) is 11.3 Å². The van der Waals surface area contributed by atoms with E-state index >= 15 is 0 Å². The Bertz CT molecular complexity index is 896. The second-order valence-electron chi connectivity index (χ2n) is 6.75. The van der Waals surface area contributed by atoms with Gasteiger partial charge in [-0.25, -0.2) is 4.98 Å². The summed E-state index contributed by atoms with van der Waals surface area (Å²) in [7, 11) is 1.73. The van der Waals surface area contributed by atoms with E-state index in [-0.39, 0.29) is 5.56 Å². The van der Waals surface area contributed by atoms with E-state index in [4.69, 9.17) is 9.72 Å². The van der Waals surface area contributed by atoms with Gasteiger partial charge in [0.05, 0.1) is 11.9 Å². The molecular formula is C20H22N4O2. The molecule has 0 spiro atoms. The first-order chi connectivity index (χ1) is 12.7. The van der Waals surface area contributed by atoms with E-state index in [9.17, 15) is 4.79 Å². The maximum absolute atomic E-state index is 12.5. The Kier molecular flexibility index (Phi) is 4.56. The fraction of sp³-hybridized carbons (Fsp3) is 0.350. The minimum Gasteiger partial charge on any atom is -0.466 e. The van der Waals surface area contributed by atoms with Crippen molar-refractivity contribution in [1.82, 2.24) is 14.5 Å². The third-order valence-corrected chi connectivity index (χ3v) is 5.02. The highest BCUT2D eigenvalue weighted by molar-refractivity contribution is 5.60. The summed E-state index contributed by atoms with van der Waals surface area (Å²) in [6.45, 7) is 0. The van der Waals surface area contributed by atoms with Crippen molar-refractivity contribution in [3.63, 3.8) is 0 Å². The molecular weight excluding hydrogens is 328 g/mol. The minimum atomic E-state index is -0.102. The summed E-state index contributed by atoms with van der Waals surface area (Å²) >= 11 is 0. The van der Waals surface area contributed by atoms with Crippen molar-refractivity contribution in [2.45, 2.75) is 32.1 Å². The first kappa shape index (κ1) is 16.6. The van der Waals surface area contributed by atoms with E-state index in [0.717, 1.165) is 24.2 Å². The van der Waals surface area contributed by atoms with Gasteiger partial charge in [-0.1, -0.05) is 19.3 Å². The number of anilines is 1. The first-order valence-electron chi connectivity index (χ1n) is 9.04. The van der Waals surface area contributed by atoms with Crippen LogP contribution in [0.2, 0.25) is 0 Å². The quantitative estimate of drug-likeness (QED) is 0.847. The van der Waals surface area contributed by atoms with Crippen LogP contribution in [0.15, 0.2) is 59.8 Å². The maximum atomic E-state index is 12.5. The second-order valence-corrected chi connectivity index (χ2v) is 6.75. The van der Waals surface area contributed by atoms with Gasteiger partial charge in [-0.3, -0.25) is 19.2 Å². The molecule has 0 radical (unpaired) electrons. The van der Waals surface area contributed by atoms with Crippen molar-refractivity contribution in [3.05, 3.63) is 65.4 Å². The van der Waals surface area contributed by atoms with Gasteiger partial charge >= 0.3 is 0 Å². The predicted molar refractivity (Wildman–Crippen MR) is 100 cm³/mol. The molecule has 1 aliphatic heterocycles. The molecule has 26 heavy (non-hydrogen) atoms. The van der Waals surface area contributed by atoms with Gasteiger partial charge in [-0.05, 0) is 25.0 Å². The Morgan fingerprint density at radius 3 is 2.69 bits per heavy atom. The molecule has 0 bridgehead atoms. The van der Waals surface area contributed by atoms with E-state index < -0.39 is 0 Å². The highest BCUT2D eigenvalue weighted by Crippen LogP contribution is 2.32. The molecule has 0 saturated heterocycles. The van der Waals surface area contributed by atoms with Gasteiger partial charge < -0.3 is 4.74 Å². The zero-order valence-electron chi connectivity index (χ0n) is 14.8. The zero-order chi connectivity index (χ0) is 17.9. The third-order valence-electron chi connectivity index (χ3n) is 5.02. The normalized spacial score (nSPS) is 17.7. The van der Waals surface area contributed by atoms with Crippen LogP contribution in [-0.2, 0) is 11.8 Å². The lowest BCUT2D eigenvalue weighted by Crippen LogP contribution is -2.27. The Morgan fingerprint density at radius 2 is 1.92 bits per heavy atom. The number of allylic oxidation sites excluding steroid dienone is 1. The van der Waals surface area contributed by atoms with Crippen molar-refractivity contribution in [2.24, 2.45) is 13.0 Å². The number of hydrogen-bond acceptors (Lipinski definition) is 5. The molecule has 1 saturated carbocycles. The average molecular weight is 350 g/mol. The summed E-state index contributed by atoms with van der Waals surface area (Å²) in [6.07, 6.45) is 14.9. The van der Waals surface area contributed by atoms with E-state index in [0.29, 0.717) is 17.6 Å². The Labute approximate surface area is 152 Å². The van der Waals surface area contributed by atoms with E-state index in [1.807, 2.05) is 23.2 Å². The predicted octanol–water partition coefficient (Wildman–Crippen LogP) is 3.57. The highest BCUT2D eigenvalue weighted by Gasteiger charge is 2.23. The van der Waals surface area contributed by atoms with Gasteiger partial charge in [0.2, 0.25) is 5.95 Å². The molecule has 0 aromatic carbocycles. The Hall–Kier alpha value is -2.89.